The number of rotatable bonds is 4. The van der Waals surface area contributed by atoms with Gasteiger partial charge in [0.1, 0.15) is 5.54 Å². The van der Waals surface area contributed by atoms with E-state index in [1.54, 1.807) is 0 Å². The molecule has 0 bridgehead atoms. The van der Waals surface area contributed by atoms with Crippen molar-refractivity contribution < 1.29 is 9.90 Å². The lowest BCUT2D eigenvalue weighted by molar-refractivity contribution is -0.153. The second kappa shape index (κ2) is 6.05. The predicted molar refractivity (Wildman–Crippen MR) is 81.7 cm³/mol. The summed E-state index contributed by atoms with van der Waals surface area (Å²) in [5, 5.41) is 9.81. The summed E-state index contributed by atoms with van der Waals surface area (Å²) in [6.45, 7) is 9.95. The van der Waals surface area contributed by atoms with Crippen LogP contribution in [0, 0.1) is 17.8 Å². The summed E-state index contributed by atoms with van der Waals surface area (Å²) in [5.41, 5.74) is -0.588. The summed E-state index contributed by atoms with van der Waals surface area (Å²) >= 11 is 0. The zero-order valence-electron chi connectivity index (χ0n) is 13.6. The van der Waals surface area contributed by atoms with Gasteiger partial charge in [0.05, 0.1) is 0 Å². The first kappa shape index (κ1) is 15.8. The van der Waals surface area contributed by atoms with Gasteiger partial charge in [-0.05, 0) is 56.4 Å². The molecule has 0 aromatic rings. The van der Waals surface area contributed by atoms with E-state index in [1.165, 1.54) is 19.3 Å². The number of carboxylic acid groups (broad SMARTS) is 1. The van der Waals surface area contributed by atoms with Crippen LogP contribution in [0.2, 0.25) is 0 Å². The Balaban J connectivity index is 2.28. The van der Waals surface area contributed by atoms with Gasteiger partial charge in [-0.1, -0.05) is 34.1 Å². The summed E-state index contributed by atoms with van der Waals surface area (Å²) in [6, 6.07) is 0.470. The van der Waals surface area contributed by atoms with E-state index < -0.39 is 11.5 Å². The smallest absolute Gasteiger partial charge is 0.324 e. The molecule has 3 nitrogen and oxygen atoms in total. The maximum atomic E-state index is 11.9. The highest BCUT2D eigenvalue weighted by Gasteiger charge is 2.51. The lowest BCUT2D eigenvalue weighted by Gasteiger charge is -2.48. The zero-order chi connectivity index (χ0) is 14.9. The van der Waals surface area contributed by atoms with E-state index in [1.807, 2.05) is 6.92 Å². The van der Waals surface area contributed by atoms with E-state index in [4.69, 9.17) is 0 Å². The minimum atomic E-state index is -0.599. The Kier molecular flexibility index (Phi) is 4.78. The lowest BCUT2D eigenvalue weighted by atomic mass is 9.72. The molecule has 1 saturated heterocycles. The Labute approximate surface area is 123 Å². The SMILES string of the molecule is CCC1(C(=O)O)CCCN1C1CC(C)CCC1C(C)C. The summed E-state index contributed by atoms with van der Waals surface area (Å²) in [4.78, 5) is 14.3. The van der Waals surface area contributed by atoms with E-state index >= 15 is 0 Å². The van der Waals surface area contributed by atoms with Gasteiger partial charge in [0, 0.05) is 6.04 Å². The van der Waals surface area contributed by atoms with Gasteiger partial charge in [0.15, 0.2) is 0 Å². The number of carbonyl (C=O) groups is 1. The number of nitrogens with zero attached hydrogens (tertiary/aromatic N) is 1. The monoisotopic (exact) mass is 281 g/mol. The third kappa shape index (κ3) is 2.61. The van der Waals surface area contributed by atoms with Crippen molar-refractivity contribution in [1.82, 2.24) is 4.90 Å². The highest BCUT2D eigenvalue weighted by Crippen LogP contribution is 2.43. The van der Waals surface area contributed by atoms with Crippen LogP contribution in [-0.2, 0) is 4.79 Å². The van der Waals surface area contributed by atoms with Crippen LogP contribution in [0.15, 0.2) is 0 Å². The van der Waals surface area contributed by atoms with Gasteiger partial charge in [-0.3, -0.25) is 9.69 Å². The normalized spacial score (nSPS) is 39.4. The molecule has 0 spiro atoms. The van der Waals surface area contributed by atoms with Crippen LogP contribution in [0.5, 0.6) is 0 Å². The van der Waals surface area contributed by atoms with Crippen molar-refractivity contribution >= 4 is 5.97 Å². The van der Waals surface area contributed by atoms with Crippen molar-refractivity contribution in [2.75, 3.05) is 6.54 Å². The molecule has 1 aliphatic heterocycles. The van der Waals surface area contributed by atoms with Crippen molar-refractivity contribution in [2.24, 2.45) is 17.8 Å². The molecule has 20 heavy (non-hydrogen) atoms. The van der Waals surface area contributed by atoms with Gasteiger partial charge >= 0.3 is 5.97 Å². The summed E-state index contributed by atoms with van der Waals surface area (Å²) in [5.74, 6) is 1.45. The second-order valence-electron chi connectivity index (χ2n) is 7.38. The number of likely N-dealkylation sites (tertiary alicyclic amines) is 1. The van der Waals surface area contributed by atoms with Gasteiger partial charge < -0.3 is 5.11 Å². The average molecular weight is 281 g/mol. The van der Waals surface area contributed by atoms with Crippen LogP contribution in [-0.4, -0.2) is 34.1 Å². The Bertz CT molecular complexity index is 355. The first-order chi connectivity index (χ1) is 9.42. The van der Waals surface area contributed by atoms with E-state index in [-0.39, 0.29) is 0 Å². The first-order valence-electron chi connectivity index (χ1n) is 8.42. The standard InChI is InChI=1S/C17H31NO2/c1-5-17(16(19)20)9-6-10-18(17)15-11-13(4)7-8-14(15)12(2)3/h12-15H,5-11H2,1-4H3,(H,19,20). The Morgan fingerprint density at radius 3 is 2.65 bits per heavy atom. The molecule has 3 heteroatoms. The minimum Gasteiger partial charge on any atom is -0.480 e. The largest absolute Gasteiger partial charge is 0.480 e. The Morgan fingerprint density at radius 2 is 2.10 bits per heavy atom. The molecule has 4 unspecified atom stereocenters. The highest BCUT2D eigenvalue weighted by atomic mass is 16.4. The summed E-state index contributed by atoms with van der Waals surface area (Å²) < 4.78 is 0. The molecule has 0 aromatic carbocycles. The van der Waals surface area contributed by atoms with Crippen molar-refractivity contribution in [3.63, 3.8) is 0 Å². The molecule has 1 aliphatic carbocycles. The number of aliphatic carboxylic acids is 1. The lowest BCUT2D eigenvalue weighted by Crippen LogP contribution is -2.58. The third-order valence-electron chi connectivity index (χ3n) is 5.91. The average Bonchev–Trinajstić information content (AvgIpc) is 2.83. The van der Waals surface area contributed by atoms with E-state index in [0.29, 0.717) is 17.9 Å². The molecule has 2 aliphatic rings. The third-order valence-corrected chi connectivity index (χ3v) is 5.91. The van der Waals surface area contributed by atoms with Crippen molar-refractivity contribution in [1.29, 1.82) is 0 Å². The van der Waals surface area contributed by atoms with Crippen molar-refractivity contribution in [3.8, 4) is 0 Å². The number of carboxylic acids is 1. The van der Waals surface area contributed by atoms with Crippen LogP contribution in [0.1, 0.15) is 66.2 Å². The van der Waals surface area contributed by atoms with Gasteiger partial charge in [-0.15, -0.1) is 0 Å². The van der Waals surface area contributed by atoms with Gasteiger partial charge in [0.2, 0.25) is 0 Å². The molecule has 1 saturated carbocycles. The molecular formula is C17H31NO2. The van der Waals surface area contributed by atoms with Crippen LogP contribution < -0.4 is 0 Å². The molecule has 1 N–H and O–H groups in total. The Morgan fingerprint density at radius 1 is 1.40 bits per heavy atom. The van der Waals surface area contributed by atoms with Crippen molar-refractivity contribution in [2.45, 2.75) is 77.8 Å². The highest BCUT2D eigenvalue weighted by molar-refractivity contribution is 5.79. The molecular weight excluding hydrogens is 250 g/mol. The molecule has 2 rings (SSSR count). The number of hydrogen-bond acceptors (Lipinski definition) is 2. The number of hydrogen-bond donors (Lipinski definition) is 1. The molecule has 0 amide bonds. The molecule has 4 atom stereocenters. The molecule has 0 radical (unpaired) electrons. The van der Waals surface area contributed by atoms with E-state index in [2.05, 4.69) is 25.7 Å². The van der Waals surface area contributed by atoms with Crippen LogP contribution in [0.3, 0.4) is 0 Å². The van der Waals surface area contributed by atoms with Crippen LogP contribution >= 0.6 is 0 Å². The fourth-order valence-electron chi connectivity index (χ4n) is 4.65. The molecule has 0 aromatic heterocycles. The topological polar surface area (TPSA) is 40.5 Å². The van der Waals surface area contributed by atoms with Crippen LogP contribution in [0.25, 0.3) is 0 Å². The quantitative estimate of drug-likeness (QED) is 0.852. The zero-order valence-corrected chi connectivity index (χ0v) is 13.6. The van der Waals surface area contributed by atoms with Gasteiger partial charge in [0.25, 0.3) is 0 Å². The first-order valence-corrected chi connectivity index (χ1v) is 8.42. The van der Waals surface area contributed by atoms with Crippen molar-refractivity contribution in [3.05, 3.63) is 0 Å². The second-order valence-corrected chi connectivity index (χ2v) is 7.38. The fourth-order valence-corrected chi connectivity index (χ4v) is 4.65. The summed E-state index contributed by atoms with van der Waals surface area (Å²) in [6.07, 6.45) is 6.35. The van der Waals surface area contributed by atoms with Gasteiger partial charge in [-0.25, -0.2) is 0 Å². The fraction of sp³-hybridized carbons (Fsp3) is 0.941. The van der Waals surface area contributed by atoms with Crippen LogP contribution in [0.4, 0.5) is 0 Å². The predicted octanol–water partition coefficient (Wildman–Crippen LogP) is 3.78. The van der Waals surface area contributed by atoms with E-state index in [0.717, 1.165) is 31.7 Å². The van der Waals surface area contributed by atoms with Gasteiger partial charge in [-0.2, -0.15) is 0 Å². The maximum absolute atomic E-state index is 11.9. The maximum Gasteiger partial charge on any atom is 0.324 e. The summed E-state index contributed by atoms with van der Waals surface area (Å²) in [7, 11) is 0. The molecule has 2 fully saturated rings. The minimum absolute atomic E-state index is 0.470. The van der Waals surface area contributed by atoms with E-state index in [9.17, 15) is 9.90 Å². The molecule has 1 heterocycles. The Hall–Kier alpha value is -0.570. The molecule has 116 valence electrons.